The number of hydrogen-bond acceptors (Lipinski definition) is 4. The first kappa shape index (κ1) is 24.5. The lowest BCUT2D eigenvalue weighted by molar-refractivity contribution is -0.121. The maximum absolute atomic E-state index is 14.7. The SMILES string of the molecule is Cc1c(Cc2ccc(F)c(C(=O)N3CC(=O)N(c4cc(F)cc(Cl)c4)[C@H](C)C3)c2)n[nH]c(=O)c1C. The lowest BCUT2D eigenvalue weighted by Gasteiger charge is -2.39. The number of nitrogens with one attached hydrogen (secondary N) is 1. The Morgan fingerprint density at radius 2 is 1.89 bits per heavy atom. The highest BCUT2D eigenvalue weighted by molar-refractivity contribution is 6.31. The Hall–Kier alpha value is -3.59. The molecule has 1 aromatic heterocycles. The number of benzene rings is 2. The minimum Gasteiger partial charge on any atom is -0.327 e. The minimum absolute atomic E-state index is 0.127. The number of hydrogen-bond donors (Lipinski definition) is 1. The molecule has 1 fully saturated rings. The van der Waals surface area contributed by atoms with Crippen LogP contribution in [0.15, 0.2) is 41.2 Å². The first-order valence-corrected chi connectivity index (χ1v) is 11.3. The van der Waals surface area contributed by atoms with E-state index in [1.807, 2.05) is 0 Å². The van der Waals surface area contributed by atoms with Crippen LogP contribution in [0.2, 0.25) is 5.02 Å². The fourth-order valence-corrected chi connectivity index (χ4v) is 4.45. The molecule has 1 N–H and O–H groups in total. The fourth-order valence-electron chi connectivity index (χ4n) is 4.24. The second-order valence-electron chi connectivity index (χ2n) is 8.67. The Bertz CT molecular complexity index is 1370. The van der Waals surface area contributed by atoms with Crippen LogP contribution in [0.4, 0.5) is 14.5 Å². The summed E-state index contributed by atoms with van der Waals surface area (Å²) in [6.45, 7) is 5.02. The zero-order valence-electron chi connectivity index (χ0n) is 19.4. The zero-order valence-corrected chi connectivity index (χ0v) is 20.1. The van der Waals surface area contributed by atoms with Crippen LogP contribution in [0.25, 0.3) is 0 Å². The number of anilines is 1. The van der Waals surface area contributed by atoms with E-state index in [0.717, 1.165) is 11.6 Å². The van der Waals surface area contributed by atoms with Gasteiger partial charge in [0.05, 0.1) is 17.3 Å². The molecule has 2 heterocycles. The second-order valence-corrected chi connectivity index (χ2v) is 9.10. The van der Waals surface area contributed by atoms with Crippen molar-refractivity contribution in [1.29, 1.82) is 0 Å². The molecule has 0 unspecified atom stereocenters. The summed E-state index contributed by atoms with van der Waals surface area (Å²) in [5, 5.41) is 6.67. The molecule has 0 saturated carbocycles. The van der Waals surface area contributed by atoms with Gasteiger partial charge in [-0.3, -0.25) is 14.4 Å². The van der Waals surface area contributed by atoms with Crippen molar-refractivity contribution in [3.05, 3.63) is 91.4 Å². The Balaban J connectivity index is 1.56. The molecule has 1 saturated heterocycles. The van der Waals surface area contributed by atoms with Crippen molar-refractivity contribution < 1.29 is 18.4 Å². The van der Waals surface area contributed by atoms with E-state index in [-0.39, 0.29) is 35.7 Å². The monoisotopic (exact) mass is 500 g/mol. The van der Waals surface area contributed by atoms with E-state index in [1.165, 1.54) is 34.1 Å². The third kappa shape index (κ3) is 4.95. The average molecular weight is 501 g/mol. The molecule has 2 amide bonds. The number of piperazine rings is 1. The molecular weight excluding hydrogens is 478 g/mol. The fraction of sp³-hybridized carbons (Fsp3) is 0.280. The molecule has 0 radical (unpaired) electrons. The summed E-state index contributed by atoms with van der Waals surface area (Å²) in [7, 11) is 0. The highest BCUT2D eigenvalue weighted by Crippen LogP contribution is 2.27. The largest absolute Gasteiger partial charge is 0.327 e. The van der Waals surface area contributed by atoms with Crippen LogP contribution in [-0.4, -0.2) is 46.0 Å². The standard InChI is InChI=1S/C25H23ClF2N4O3/c1-13-11-31(12-23(33)32(13)19-9-17(26)8-18(27)10-19)25(35)20-6-16(4-5-21(20)28)7-22-14(2)15(3)24(34)30-29-22/h4-6,8-10,13H,7,11-12H2,1-3H3,(H,30,34)/t13-/m1/s1. The van der Waals surface area contributed by atoms with E-state index < -0.39 is 29.5 Å². The van der Waals surface area contributed by atoms with Crippen LogP contribution in [0.1, 0.15) is 39.7 Å². The van der Waals surface area contributed by atoms with Crippen LogP contribution in [0, 0.1) is 25.5 Å². The Kier molecular flexibility index (Phi) is 6.71. The van der Waals surface area contributed by atoms with Crippen LogP contribution in [-0.2, 0) is 11.2 Å². The first-order valence-electron chi connectivity index (χ1n) is 11.0. The number of carbonyl (C=O) groups excluding carboxylic acids is 2. The van der Waals surface area contributed by atoms with E-state index in [2.05, 4.69) is 10.2 Å². The molecule has 2 aromatic carbocycles. The first-order chi connectivity index (χ1) is 16.5. The van der Waals surface area contributed by atoms with Gasteiger partial charge in [0.25, 0.3) is 11.5 Å². The molecule has 0 aliphatic carbocycles. The number of amides is 2. The topological polar surface area (TPSA) is 86.4 Å². The number of nitrogens with zero attached hydrogens (tertiary/aromatic N) is 3. The third-order valence-corrected chi connectivity index (χ3v) is 6.41. The number of rotatable bonds is 4. The van der Waals surface area contributed by atoms with Gasteiger partial charge in [-0.15, -0.1) is 0 Å². The lowest BCUT2D eigenvalue weighted by atomic mass is 10.0. The van der Waals surface area contributed by atoms with Gasteiger partial charge < -0.3 is 9.80 Å². The van der Waals surface area contributed by atoms with Crippen LogP contribution < -0.4 is 10.5 Å². The summed E-state index contributed by atoms with van der Waals surface area (Å²) in [5.74, 6) is -2.34. The van der Waals surface area contributed by atoms with Crippen molar-refractivity contribution in [1.82, 2.24) is 15.1 Å². The molecule has 182 valence electrons. The Morgan fingerprint density at radius 3 is 2.57 bits per heavy atom. The molecule has 0 bridgehead atoms. The lowest BCUT2D eigenvalue weighted by Crippen LogP contribution is -2.57. The summed E-state index contributed by atoms with van der Waals surface area (Å²) in [6, 6.07) is 7.53. The quantitative estimate of drug-likeness (QED) is 0.590. The Morgan fingerprint density at radius 1 is 1.14 bits per heavy atom. The molecule has 1 atom stereocenters. The smallest absolute Gasteiger partial charge is 0.267 e. The van der Waals surface area contributed by atoms with Gasteiger partial charge in [-0.1, -0.05) is 17.7 Å². The van der Waals surface area contributed by atoms with E-state index in [0.29, 0.717) is 22.5 Å². The van der Waals surface area contributed by atoms with Gasteiger partial charge in [0.2, 0.25) is 5.91 Å². The van der Waals surface area contributed by atoms with Crippen LogP contribution in [0.5, 0.6) is 0 Å². The summed E-state index contributed by atoms with van der Waals surface area (Å²) in [5.41, 5.74) is 2.36. The van der Waals surface area contributed by atoms with Gasteiger partial charge >= 0.3 is 0 Å². The van der Waals surface area contributed by atoms with Crippen LogP contribution in [0.3, 0.4) is 0 Å². The molecule has 0 spiro atoms. The third-order valence-electron chi connectivity index (χ3n) is 6.19. The van der Waals surface area contributed by atoms with Crippen molar-refractivity contribution in [3.8, 4) is 0 Å². The maximum atomic E-state index is 14.7. The highest BCUT2D eigenvalue weighted by Gasteiger charge is 2.34. The van der Waals surface area contributed by atoms with Gasteiger partial charge in [-0.25, -0.2) is 13.9 Å². The summed E-state index contributed by atoms with van der Waals surface area (Å²) in [4.78, 5) is 40.5. The number of H-pyrrole nitrogens is 1. The summed E-state index contributed by atoms with van der Waals surface area (Å²) in [6.07, 6.45) is 0.285. The van der Waals surface area contributed by atoms with Crippen molar-refractivity contribution in [2.24, 2.45) is 0 Å². The van der Waals surface area contributed by atoms with Gasteiger partial charge in [0.15, 0.2) is 0 Å². The van der Waals surface area contributed by atoms with Gasteiger partial charge in [0.1, 0.15) is 18.2 Å². The summed E-state index contributed by atoms with van der Waals surface area (Å²) >= 11 is 5.93. The van der Waals surface area contributed by atoms with Crippen LogP contribution >= 0.6 is 11.6 Å². The number of halogens is 3. The highest BCUT2D eigenvalue weighted by atomic mass is 35.5. The number of carbonyl (C=O) groups is 2. The minimum atomic E-state index is -0.708. The molecule has 4 rings (SSSR count). The second kappa shape index (κ2) is 9.58. The Labute approximate surface area is 205 Å². The predicted octanol–water partition coefficient (Wildman–Crippen LogP) is 3.79. The normalized spacial score (nSPS) is 16.1. The molecule has 1 aliphatic heterocycles. The number of aromatic amines is 1. The predicted molar refractivity (Wildman–Crippen MR) is 128 cm³/mol. The van der Waals surface area contributed by atoms with E-state index in [1.54, 1.807) is 26.8 Å². The van der Waals surface area contributed by atoms with E-state index in [4.69, 9.17) is 11.6 Å². The molecule has 10 heteroatoms. The van der Waals surface area contributed by atoms with E-state index in [9.17, 15) is 23.2 Å². The van der Waals surface area contributed by atoms with Crippen molar-refractivity contribution in [2.75, 3.05) is 18.0 Å². The van der Waals surface area contributed by atoms with Crippen molar-refractivity contribution in [2.45, 2.75) is 33.2 Å². The summed E-state index contributed by atoms with van der Waals surface area (Å²) < 4.78 is 28.5. The van der Waals surface area contributed by atoms with Crippen molar-refractivity contribution in [3.63, 3.8) is 0 Å². The van der Waals surface area contributed by atoms with E-state index >= 15 is 0 Å². The van der Waals surface area contributed by atoms with Crippen molar-refractivity contribution >= 4 is 29.1 Å². The van der Waals surface area contributed by atoms with Gasteiger partial charge in [-0.2, -0.15) is 5.10 Å². The molecule has 7 nitrogen and oxygen atoms in total. The average Bonchev–Trinajstić information content (AvgIpc) is 2.79. The maximum Gasteiger partial charge on any atom is 0.267 e. The molecule has 3 aromatic rings. The molecular formula is C25H23ClF2N4O3. The molecule has 1 aliphatic rings. The molecule has 35 heavy (non-hydrogen) atoms. The number of aromatic nitrogens is 2. The zero-order chi connectivity index (χ0) is 25.4. The van der Waals surface area contributed by atoms with Gasteiger partial charge in [-0.05, 0) is 62.2 Å². The van der Waals surface area contributed by atoms with Gasteiger partial charge in [0, 0.05) is 29.2 Å².